The van der Waals surface area contributed by atoms with Crippen LogP contribution in [0.2, 0.25) is 0 Å². The molecule has 0 aromatic heterocycles. The maximum atomic E-state index is 6.11. The maximum absolute atomic E-state index is 6.11. The topological polar surface area (TPSA) is 32.5 Å². The normalized spacial score (nSPS) is 27.4. The number of benzene rings is 1. The summed E-state index contributed by atoms with van der Waals surface area (Å²) in [6, 6.07) is 7.43. The summed E-state index contributed by atoms with van der Waals surface area (Å²) in [6.45, 7) is 6.82. The van der Waals surface area contributed by atoms with Crippen molar-refractivity contribution in [2.75, 3.05) is 31.6 Å². The first-order valence-corrected chi connectivity index (χ1v) is 7.94. The first-order chi connectivity index (χ1) is 9.63. The minimum atomic E-state index is 0.392. The monoisotopic (exact) mass is 273 g/mol. The smallest absolute Gasteiger partial charge is 0.0396 e. The molecule has 3 nitrogen and oxygen atoms in total. The summed E-state index contributed by atoms with van der Waals surface area (Å²) in [6.07, 6.45) is 3.65. The van der Waals surface area contributed by atoms with Gasteiger partial charge in [0.25, 0.3) is 0 Å². The van der Waals surface area contributed by atoms with Crippen molar-refractivity contribution in [3.05, 3.63) is 29.3 Å². The number of nitrogens with two attached hydrogens (primary N) is 1. The van der Waals surface area contributed by atoms with Crippen LogP contribution in [0.5, 0.6) is 0 Å². The lowest BCUT2D eigenvalue weighted by Crippen LogP contribution is -2.45. The Morgan fingerprint density at radius 1 is 1.30 bits per heavy atom. The highest BCUT2D eigenvalue weighted by atomic mass is 15.1. The quantitative estimate of drug-likeness (QED) is 0.897. The Balaban J connectivity index is 1.69. The zero-order chi connectivity index (χ0) is 14.1. The van der Waals surface area contributed by atoms with Gasteiger partial charge in [-0.3, -0.25) is 4.90 Å². The Morgan fingerprint density at radius 3 is 2.95 bits per heavy atom. The van der Waals surface area contributed by atoms with Gasteiger partial charge in [-0.25, -0.2) is 0 Å². The molecule has 2 aliphatic heterocycles. The number of anilines is 1. The fourth-order valence-electron chi connectivity index (χ4n) is 3.59. The number of rotatable bonds is 2. The van der Waals surface area contributed by atoms with Gasteiger partial charge in [-0.15, -0.1) is 0 Å². The summed E-state index contributed by atoms with van der Waals surface area (Å²) in [5.74, 6) is 0.618. The molecule has 0 radical (unpaired) electrons. The van der Waals surface area contributed by atoms with Crippen LogP contribution >= 0.6 is 0 Å². The largest absolute Gasteiger partial charge is 0.374 e. The van der Waals surface area contributed by atoms with Crippen LogP contribution in [0.3, 0.4) is 0 Å². The molecule has 2 unspecified atom stereocenters. The van der Waals surface area contributed by atoms with Crippen LogP contribution in [-0.2, 0) is 13.0 Å². The number of fused-ring (bicyclic) bond motifs is 1. The Hall–Kier alpha value is -1.06. The summed E-state index contributed by atoms with van der Waals surface area (Å²) < 4.78 is 0. The summed E-state index contributed by atoms with van der Waals surface area (Å²) in [5, 5.41) is 0. The van der Waals surface area contributed by atoms with Gasteiger partial charge in [0, 0.05) is 38.4 Å². The third-order valence-electron chi connectivity index (χ3n) is 4.96. The van der Waals surface area contributed by atoms with E-state index < -0.39 is 0 Å². The molecule has 0 spiro atoms. The Morgan fingerprint density at radius 2 is 2.15 bits per heavy atom. The van der Waals surface area contributed by atoms with Crippen molar-refractivity contribution in [2.45, 2.75) is 38.8 Å². The molecule has 1 aromatic carbocycles. The first-order valence-electron chi connectivity index (χ1n) is 7.94. The number of hydrogen-bond acceptors (Lipinski definition) is 3. The molecule has 110 valence electrons. The van der Waals surface area contributed by atoms with Crippen LogP contribution in [0.4, 0.5) is 5.69 Å². The molecule has 0 saturated carbocycles. The molecule has 2 aliphatic rings. The summed E-state index contributed by atoms with van der Waals surface area (Å²) in [5.41, 5.74) is 10.5. The highest BCUT2D eigenvalue weighted by Crippen LogP contribution is 2.27. The van der Waals surface area contributed by atoms with E-state index in [1.165, 1.54) is 36.2 Å². The standard InChI is InChI=1S/C17H27N3/c1-13-11-20(9-7-16(13)18)12-14-5-6-17-15(10-14)4-3-8-19(17)2/h5-6,10,13,16H,3-4,7-9,11-12,18H2,1-2H3. The lowest BCUT2D eigenvalue weighted by molar-refractivity contribution is 0.158. The Kier molecular flexibility index (Phi) is 3.99. The average molecular weight is 273 g/mol. The van der Waals surface area contributed by atoms with Gasteiger partial charge >= 0.3 is 0 Å². The second-order valence-electron chi connectivity index (χ2n) is 6.65. The van der Waals surface area contributed by atoms with E-state index in [1.54, 1.807) is 0 Å². The van der Waals surface area contributed by atoms with Gasteiger partial charge in [-0.2, -0.15) is 0 Å². The number of likely N-dealkylation sites (tertiary alicyclic amines) is 1. The molecule has 2 N–H and O–H groups in total. The summed E-state index contributed by atoms with van der Waals surface area (Å²) >= 11 is 0. The number of nitrogens with zero attached hydrogens (tertiary/aromatic N) is 2. The SMILES string of the molecule is CC1CN(Cc2ccc3c(c2)CCCN3C)CCC1N. The average Bonchev–Trinajstić information content (AvgIpc) is 2.43. The summed E-state index contributed by atoms with van der Waals surface area (Å²) in [7, 11) is 2.20. The predicted molar refractivity (Wildman–Crippen MR) is 85.1 cm³/mol. The van der Waals surface area contributed by atoms with Crippen LogP contribution in [0.15, 0.2) is 18.2 Å². The molecular weight excluding hydrogens is 246 g/mol. The van der Waals surface area contributed by atoms with Gasteiger partial charge in [0.2, 0.25) is 0 Å². The first kappa shape index (κ1) is 13.9. The maximum Gasteiger partial charge on any atom is 0.0396 e. The third-order valence-corrected chi connectivity index (χ3v) is 4.96. The van der Waals surface area contributed by atoms with Crippen molar-refractivity contribution in [3.63, 3.8) is 0 Å². The van der Waals surface area contributed by atoms with E-state index in [0.29, 0.717) is 12.0 Å². The molecule has 2 atom stereocenters. The Bertz CT molecular complexity index is 471. The third kappa shape index (κ3) is 2.84. The molecular formula is C17H27N3. The van der Waals surface area contributed by atoms with Crippen molar-refractivity contribution < 1.29 is 0 Å². The lowest BCUT2D eigenvalue weighted by atomic mass is 9.94. The second-order valence-corrected chi connectivity index (χ2v) is 6.65. The van der Waals surface area contributed by atoms with Gasteiger partial charge in [0.15, 0.2) is 0 Å². The van der Waals surface area contributed by atoms with Gasteiger partial charge in [0.1, 0.15) is 0 Å². The molecule has 1 aromatic rings. The van der Waals surface area contributed by atoms with E-state index >= 15 is 0 Å². The Labute approximate surface area is 122 Å². The van der Waals surface area contributed by atoms with Crippen molar-refractivity contribution in [1.29, 1.82) is 0 Å². The van der Waals surface area contributed by atoms with Crippen LogP contribution in [0, 0.1) is 5.92 Å². The van der Waals surface area contributed by atoms with Crippen LogP contribution in [-0.4, -0.2) is 37.6 Å². The highest BCUT2D eigenvalue weighted by Gasteiger charge is 2.23. The minimum Gasteiger partial charge on any atom is -0.374 e. The highest BCUT2D eigenvalue weighted by molar-refractivity contribution is 5.56. The second kappa shape index (κ2) is 5.74. The van der Waals surface area contributed by atoms with Crippen molar-refractivity contribution >= 4 is 5.69 Å². The van der Waals surface area contributed by atoms with E-state index in [1.807, 2.05) is 0 Å². The van der Waals surface area contributed by atoms with Crippen molar-refractivity contribution in [1.82, 2.24) is 4.90 Å². The zero-order valence-corrected chi connectivity index (χ0v) is 12.8. The van der Waals surface area contributed by atoms with Gasteiger partial charge in [0.05, 0.1) is 0 Å². The fourth-order valence-corrected chi connectivity index (χ4v) is 3.59. The van der Waals surface area contributed by atoms with Gasteiger partial charge in [-0.05, 0) is 48.9 Å². The molecule has 0 bridgehead atoms. The van der Waals surface area contributed by atoms with Gasteiger partial charge < -0.3 is 10.6 Å². The zero-order valence-electron chi connectivity index (χ0n) is 12.8. The fraction of sp³-hybridized carbons (Fsp3) is 0.647. The number of piperidine rings is 1. The lowest BCUT2D eigenvalue weighted by Gasteiger charge is -2.35. The van der Waals surface area contributed by atoms with E-state index in [0.717, 1.165) is 26.1 Å². The van der Waals surface area contributed by atoms with Crippen LogP contribution in [0.1, 0.15) is 30.9 Å². The number of hydrogen-bond donors (Lipinski definition) is 1. The molecule has 1 saturated heterocycles. The summed E-state index contributed by atoms with van der Waals surface area (Å²) in [4.78, 5) is 4.94. The van der Waals surface area contributed by atoms with Crippen LogP contribution < -0.4 is 10.6 Å². The number of aryl methyl sites for hydroxylation is 1. The molecule has 2 heterocycles. The molecule has 1 fully saturated rings. The van der Waals surface area contributed by atoms with E-state index in [2.05, 4.69) is 42.0 Å². The molecule has 0 amide bonds. The van der Waals surface area contributed by atoms with Crippen molar-refractivity contribution in [3.8, 4) is 0 Å². The molecule has 0 aliphatic carbocycles. The predicted octanol–water partition coefficient (Wildman–Crippen LogP) is 2.24. The molecule has 3 heteroatoms. The van der Waals surface area contributed by atoms with Gasteiger partial charge in [-0.1, -0.05) is 19.1 Å². The minimum absolute atomic E-state index is 0.392. The molecule has 20 heavy (non-hydrogen) atoms. The van der Waals surface area contributed by atoms with E-state index in [9.17, 15) is 0 Å². The molecule has 3 rings (SSSR count). The van der Waals surface area contributed by atoms with E-state index in [4.69, 9.17) is 5.73 Å². The van der Waals surface area contributed by atoms with Crippen LogP contribution in [0.25, 0.3) is 0 Å². The van der Waals surface area contributed by atoms with E-state index in [-0.39, 0.29) is 0 Å². The van der Waals surface area contributed by atoms with Crippen molar-refractivity contribution in [2.24, 2.45) is 11.7 Å².